The molecule has 1 aliphatic heterocycles. The van der Waals surface area contributed by atoms with E-state index in [2.05, 4.69) is 37.9 Å². The number of rotatable bonds is 4. The smallest absolute Gasteiger partial charge is 0.161 e. The first-order valence-corrected chi connectivity index (χ1v) is 10.2. The summed E-state index contributed by atoms with van der Waals surface area (Å²) in [6.07, 6.45) is 2.83. The van der Waals surface area contributed by atoms with Crippen LogP contribution >= 0.6 is 0 Å². The average Bonchev–Trinajstić information content (AvgIpc) is 3.45. The maximum absolute atomic E-state index is 14.5. The largest absolute Gasteiger partial charge is 0.370 e. The van der Waals surface area contributed by atoms with Gasteiger partial charge >= 0.3 is 0 Å². The van der Waals surface area contributed by atoms with E-state index in [-0.39, 0.29) is 0 Å². The van der Waals surface area contributed by atoms with Gasteiger partial charge in [-0.2, -0.15) is 15.5 Å². The molecule has 1 aliphatic rings. The van der Waals surface area contributed by atoms with Gasteiger partial charge in [-0.15, -0.1) is 0 Å². The van der Waals surface area contributed by atoms with Crippen LogP contribution in [0.15, 0.2) is 30.5 Å². The monoisotopic (exact) mass is 418 g/mol. The van der Waals surface area contributed by atoms with Crippen LogP contribution in [0.5, 0.6) is 0 Å². The van der Waals surface area contributed by atoms with Crippen LogP contribution in [0.3, 0.4) is 0 Å². The lowest BCUT2D eigenvalue weighted by Crippen LogP contribution is -2.29. The van der Waals surface area contributed by atoms with E-state index < -0.39 is 5.82 Å². The van der Waals surface area contributed by atoms with Gasteiger partial charge in [-0.3, -0.25) is 9.36 Å². The van der Waals surface area contributed by atoms with E-state index in [9.17, 15) is 9.65 Å². The van der Waals surface area contributed by atoms with Gasteiger partial charge in [-0.05, 0) is 37.7 Å². The Labute approximate surface area is 178 Å². The van der Waals surface area contributed by atoms with Gasteiger partial charge in [0.25, 0.3) is 0 Å². The molecular formula is C22H23FN8. The highest BCUT2D eigenvalue weighted by atomic mass is 19.1. The molecule has 1 saturated heterocycles. The molecular weight excluding hydrogens is 395 g/mol. The van der Waals surface area contributed by atoms with E-state index in [1.165, 1.54) is 6.07 Å². The number of aromatic nitrogens is 4. The highest BCUT2D eigenvalue weighted by molar-refractivity contribution is 5.99. The molecule has 0 spiro atoms. The molecule has 0 radical (unpaired) electrons. The van der Waals surface area contributed by atoms with Crippen molar-refractivity contribution in [2.45, 2.75) is 12.5 Å². The molecule has 9 heteroatoms. The minimum atomic E-state index is -0.406. The molecule has 1 fully saturated rings. The van der Waals surface area contributed by atoms with E-state index in [4.69, 9.17) is 0 Å². The summed E-state index contributed by atoms with van der Waals surface area (Å²) in [5.74, 6) is 0.120. The van der Waals surface area contributed by atoms with E-state index in [1.54, 1.807) is 22.6 Å². The highest BCUT2D eigenvalue weighted by Gasteiger charge is 2.24. The van der Waals surface area contributed by atoms with E-state index in [0.29, 0.717) is 34.0 Å². The van der Waals surface area contributed by atoms with Crippen molar-refractivity contribution in [3.05, 3.63) is 41.8 Å². The summed E-state index contributed by atoms with van der Waals surface area (Å²) < 4.78 is 17.8. The molecule has 31 heavy (non-hydrogen) atoms. The predicted octanol–water partition coefficient (Wildman–Crippen LogP) is 3.01. The van der Waals surface area contributed by atoms with Gasteiger partial charge < -0.3 is 15.5 Å². The predicted molar refractivity (Wildman–Crippen MR) is 119 cm³/mol. The Morgan fingerprint density at radius 1 is 1.19 bits per heavy atom. The third kappa shape index (κ3) is 3.25. The highest BCUT2D eigenvalue weighted by Crippen LogP contribution is 2.34. The Kier molecular flexibility index (Phi) is 4.52. The van der Waals surface area contributed by atoms with Crippen molar-refractivity contribution >= 4 is 39.0 Å². The van der Waals surface area contributed by atoms with Crippen LogP contribution in [0.25, 0.3) is 21.8 Å². The fourth-order valence-electron chi connectivity index (χ4n) is 4.38. The normalized spacial score (nSPS) is 16.4. The van der Waals surface area contributed by atoms with E-state index in [1.807, 2.05) is 26.2 Å². The zero-order valence-corrected chi connectivity index (χ0v) is 17.6. The zero-order valence-electron chi connectivity index (χ0n) is 17.6. The minimum absolute atomic E-state index is 0.326. The Hall–Kier alpha value is -3.64. The number of hydrogen-bond acceptors (Lipinski definition) is 6. The standard InChI is InChI=1S/C22H23FN8/c1-25-15-4-5-31(12-15)17-7-13(10-24)20-19(9-17)30(3)28-22(20)26-16-6-14-11-29(2)27-21(14)18(23)8-16/h6-9,11,15,25H,4-5,12H2,1-3H3,(H,26,28)/t15-/m0/s1. The van der Waals surface area contributed by atoms with Gasteiger partial charge in [0.2, 0.25) is 0 Å². The van der Waals surface area contributed by atoms with Crippen molar-refractivity contribution in [2.75, 3.05) is 30.4 Å². The number of nitrogens with zero attached hydrogens (tertiary/aromatic N) is 6. The first-order chi connectivity index (χ1) is 15.0. The van der Waals surface area contributed by atoms with Crippen LogP contribution < -0.4 is 15.5 Å². The molecule has 2 N–H and O–H groups in total. The number of hydrogen-bond donors (Lipinski definition) is 2. The average molecular weight is 418 g/mol. The summed E-state index contributed by atoms with van der Waals surface area (Å²) >= 11 is 0. The fraction of sp³-hybridized carbons (Fsp3) is 0.318. The number of halogens is 1. The van der Waals surface area contributed by atoms with Gasteiger partial charge in [-0.25, -0.2) is 4.39 Å². The van der Waals surface area contributed by atoms with E-state index >= 15 is 0 Å². The lowest BCUT2D eigenvalue weighted by molar-refractivity contribution is 0.617. The fourth-order valence-corrected chi connectivity index (χ4v) is 4.38. The van der Waals surface area contributed by atoms with Gasteiger partial charge in [0.1, 0.15) is 11.6 Å². The van der Waals surface area contributed by atoms with Crippen LogP contribution in [0.1, 0.15) is 12.0 Å². The lowest BCUT2D eigenvalue weighted by Gasteiger charge is -2.19. The molecule has 3 heterocycles. The van der Waals surface area contributed by atoms with Crippen LogP contribution in [0.4, 0.5) is 21.6 Å². The van der Waals surface area contributed by atoms with Gasteiger partial charge in [-0.1, -0.05) is 0 Å². The van der Waals surface area contributed by atoms with Crippen LogP contribution in [0, 0.1) is 17.1 Å². The second-order valence-corrected chi connectivity index (χ2v) is 8.02. The van der Waals surface area contributed by atoms with Crippen molar-refractivity contribution < 1.29 is 4.39 Å². The molecule has 0 aliphatic carbocycles. The van der Waals surface area contributed by atoms with E-state index in [0.717, 1.165) is 36.1 Å². The summed E-state index contributed by atoms with van der Waals surface area (Å²) in [7, 11) is 5.58. The Balaban J connectivity index is 1.57. The summed E-state index contributed by atoms with van der Waals surface area (Å²) in [6.45, 7) is 1.84. The van der Waals surface area contributed by atoms with Gasteiger partial charge in [0.05, 0.1) is 16.5 Å². The summed E-state index contributed by atoms with van der Waals surface area (Å²) in [4.78, 5) is 2.28. The van der Waals surface area contributed by atoms with Crippen LogP contribution in [-0.4, -0.2) is 45.7 Å². The molecule has 0 saturated carbocycles. The second kappa shape index (κ2) is 7.25. The molecule has 8 nitrogen and oxygen atoms in total. The number of likely N-dealkylation sites (N-methyl/N-ethyl adjacent to an activating group) is 1. The van der Waals surface area contributed by atoms with Crippen molar-refractivity contribution in [1.82, 2.24) is 24.9 Å². The van der Waals surface area contributed by atoms with Gasteiger partial charge in [0, 0.05) is 56.2 Å². The molecule has 1 atom stereocenters. The number of aryl methyl sites for hydroxylation is 2. The Morgan fingerprint density at radius 2 is 2.03 bits per heavy atom. The molecule has 4 aromatic rings. The zero-order chi connectivity index (χ0) is 21.7. The van der Waals surface area contributed by atoms with Gasteiger partial charge in [0.15, 0.2) is 11.6 Å². The van der Waals surface area contributed by atoms with Crippen LogP contribution in [0.2, 0.25) is 0 Å². The van der Waals surface area contributed by atoms with Crippen LogP contribution in [-0.2, 0) is 14.1 Å². The number of anilines is 3. The number of nitriles is 1. The first-order valence-electron chi connectivity index (χ1n) is 10.2. The molecule has 2 aromatic heterocycles. The quantitative estimate of drug-likeness (QED) is 0.530. The maximum atomic E-state index is 14.5. The Bertz CT molecular complexity index is 1350. The summed E-state index contributed by atoms with van der Waals surface area (Å²) in [5.41, 5.74) is 3.29. The molecule has 0 amide bonds. The third-order valence-corrected chi connectivity index (χ3v) is 5.96. The number of fused-ring (bicyclic) bond motifs is 2. The third-order valence-electron chi connectivity index (χ3n) is 5.96. The second-order valence-electron chi connectivity index (χ2n) is 8.02. The minimum Gasteiger partial charge on any atom is -0.370 e. The first kappa shape index (κ1) is 19.3. The topological polar surface area (TPSA) is 86.7 Å². The number of benzene rings is 2. The molecule has 0 unspecified atom stereocenters. The summed E-state index contributed by atoms with van der Waals surface area (Å²) in [6, 6.07) is 9.98. The molecule has 2 aromatic carbocycles. The number of nitrogens with one attached hydrogen (secondary N) is 2. The summed E-state index contributed by atoms with van der Waals surface area (Å²) in [5, 5.41) is 26.6. The lowest BCUT2D eigenvalue weighted by atomic mass is 10.1. The molecule has 5 rings (SSSR count). The molecule has 158 valence electrons. The Morgan fingerprint density at radius 3 is 2.77 bits per heavy atom. The van der Waals surface area contributed by atoms with Crippen molar-refractivity contribution in [1.29, 1.82) is 5.26 Å². The maximum Gasteiger partial charge on any atom is 0.161 e. The molecule has 0 bridgehead atoms. The van der Waals surface area contributed by atoms with Crippen molar-refractivity contribution in [3.8, 4) is 6.07 Å². The van der Waals surface area contributed by atoms with Crippen molar-refractivity contribution in [3.63, 3.8) is 0 Å². The SMILES string of the molecule is CN[C@H]1CCN(c2cc(C#N)c3c(Nc4cc(F)c5nn(C)cc5c4)nn(C)c3c2)C1. The van der Waals surface area contributed by atoms with Crippen molar-refractivity contribution in [2.24, 2.45) is 14.1 Å².